The molecule has 2 atom stereocenters. The summed E-state index contributed by atoms with van der Waals surface area (Å²) in [5.41, 5.74) is 0. The van der Waals surface area contributed by atoms with E-state index in [-0.39, 0.29) is 0 Å². The molecule has 10 heavy (non-hydrogen) atoms. The van der Waals surface area contributed by atoms with Gasteiger partial charge in [-0.05, 0) is 12.5 Å². The van der Waals surface area contributed by atoms with Crippen molar-refractivity contribution in [1.82, 2.24) is 0 Å². The van der Waals surface area contributed by atoms with Crippen molar-refractivity contribution >= 4 is 27.5 Å². The lowest BCUT2D eigenvalue weighted by Crippen LogP contribution is -1.69. The predicted molar refractivity (Wildman–Crippen MR) is 48.5 cm³/mol. The first-order valence-corrected chi connectivity index (χ1v) is 4.76. The Bertz CT molecular complexity index is 187. The van der Waals surface area contributed by atoms with Gasteiger partial charge in [-0.15, -0.1) is 11.6 Å². The average Bonchev–Trinajstić information content (AvgIpc) is 2.60. The van der Waals surface area contributed by atoms with E-state index in [2.05, 4.69) is 27.8 Å². The van der Waals surface area contributed by atoms with E-state index in [1.165, 1.54) is 0 Å². The van der Waals surface area contributed by atoms with Crippen LogP contribution in [0, 0.1) is 17.8 Å². The molecule has 0 bridgehead atoms. The Morgan fingerprint density at radius 3 is 2.90 bits per heavy atom. The Hall–Kier alpha value is 0.0700. The molecular formula is C8H8BrCl. The summed E-state index contributed by atoms with van der Waals surface area (Å²) in [6, 6.07) is 0. The van der Waals surface area contributed by atoms with E-state index >= 15 is 0 Å². The zero-order chi connectivity index (χ0) is 7.40. The van der Waals surface area contributed by atoms with Crippen LogP contribution < -0.4 is 0 Å². The summed E-state index contributed by atoms with van der Waals surface area (Å²) in [6.07, 6.45) is 4.89. The molecule has 0 radical (unpaired) electrons. The molecule has 0 heterocycles. The van der Waals surface area contributed by atoms with Crippen LogP contribution in [-0.4, -0.2) is 10.7 Å². The molecular weight excluding hydrogens is 211 g/mol. The van der Waals surface area contributed by atoms with E-state index < -0.39 is 0 Å². The topological polar surface area (TPSA) is 0 Å². The summed E-state index contributed by atoms with van der Waals surface area (Å²) in [5.74, 6) is 6.45. The minimum atomic E-state index is 0.324. The minimum absolute atomic E-state index is 0.324. The Morgan fingerprint density at radius 1 is 1.70 bits per heavy atom. The lowest BCUT2D eigenvalue weighted by atomic mass is 10.4. The van der Waals surface area contributed by atoms with Gasteiger partial charge in [0.05, 0.1) is 0 Å². The molecule has 1 fully saturated rings. The van der Waals surface area contributed by atoms with Gasteiger partial charge >= 0.3 is 0 Å². The van der Waals surface area contributed by atoms with Gasteiger partial charge in [-0.2, -0.15) is 0 Å². The van der Waals surface area contributed by atoms with Crippen LogP contribution in [0.3, 0.4) is 0 Å². The molecule has 0 aromatic rings. The standard InChI is InChI=1S/C8H8BrCl/c9-5-3-1-2-4-7-6-8(7)10/h1,3,7-8H,5-6H2/b3-1+. The van der Waals surface area contributed by atoms with Gasteiger partial charge in [-0.3, -0.25) is 0 Å². The number of allylic oxidation sites excluding steroid dienone is 2. The fraction of sp³-hybridized carbons (Fsp3) is 0.500. The second-order valence-electron chi connectivity index (χ2n) is 2.20. The molecule has 0 spiro atoms. The van der Waals surface area contributed by atoms with Crippen LogP contribution >= 0.6 is 27.5 Å². The maximum absolute atomic E-state index is 5.73. The number of hydrogen-bond acceptors (Lipinski definition) is 0. The highest BCUT2D eigenvalue weighted by molar-refractivity contribution is 9.09. The molecule has 2 heteroatoms. The Labute approximate surface area is 74.8 Å². The number of alkyl halides is 2. The van der Waals surface area contributed by atoms with Crippen molar-refractivity contribution in [1.29, 1.82) is 0 Å². The van der Waals surface area contributed by atoms with Gasteiger partial charge in [0.15, 0.2) is 0 Å². The van der Waals surface area contributed by atoms with Crippen molar-refractivity contribution in [2.24, 2.45) is 5.92 Å². The molecule has 54 valence electrons. The molecule has 0 saturated heterocycles. The van der Waals surface area contributed by atoms with E-state index in [9.17, 15) is 0 Å². The van der Waals surface area contributed by atoms with Crippen LogP contribution in [0.15, 0.2) is 12.2 Å². The number of rotatable bonds is 1. The fourth-order valence-electron chi connectivity index (χ4n) is 0.572. The molecule has 1 aliphatic rings. The first kappa shape index (κ1) is 8.17. The van der Waals surface area contributed by atoms with Gasteiger partial charge in [-0.25, -0.2) is 0 Å². The number of hydrogen-bond donors (Lipinski definition) is 0. The van der Waals surface area contributed by atoms with E-state index in [0.29, 0.717) is 11.3 Å². The molecule has 0 aromatic carbocycles. The van der Waals surface area contributed by atoms with Gasteiger partial charge in [0.2, 0.25) is 0 Å². The van der Waals surface area contributed by atoms with Crippen molar-refractivity contribution in [3.05, 3.63) is 12.2 Å². The largest absolute Gasteiger partial charge is 0.122 e. The average molecular weight is 220 g/mol. The Kier molecular flexibility index (Phi) is 3.31. The second-order valence-corrected chi connectivity index (χ2v) is 3.41. The first-order valence-electron chi connectivity index (χ1n) is 3.20. The van der Waals surface area contributed by atoms with Crippen LogP contribution in [-0.2, 0) is 0 Å². The summed E-state index contributed by atoms with van der Waals surface area (Å²) in [5, 5.41) is 1.20. The third kappa shape index (κ3) is 2.77. The normalized spacial score (nSPS) is 29.8. The zero-order valence-electron chi connectivity index (χ0n) is 5.48. The summed E-state index contributed by atoms with van der Waals surface area (Å²) < 4.78 is 0. The molecule has 2 unspecified atom stereocenters. The smallest absolute Gasteiger partial charge is 0.0486 e. The van der Waals surface area contributed by atoms with Crippen molar-refractivity contribution in [2.75, 3.05) is 5.33 Å². The zero-order valence-corrected chi connectivity index (χ0v) is 7.82. The number of halogens is 2. The molecule has 1 aliphatic carbocycles. The molecule has 0 aromatic heterocycles. The summed E-state index contributed by atoms with van der Waals surface area (Å²) >= 11 is 8.99. The van der Waals surface area contributed by atoms with E-state index in [1.807, 2.05) is 12.2 Å². The fourth-order valence-corrected chi connectivity index (χ4v) is 1.01. The minimum Gasteiger partial charge on any atom is -0.122 e. The van der Waals surface area contributed by atoms with E-state index in [1.54, 1.807) is 0 Å². The van der Waals surface area contributed by atoms with Crippen LogP contribution in [0.4, 0.5) is 0 Å². The highest BCUT2D eigenvalue weighted by Crippen LogP contribution is 2.34. The first-order chi connectivity index (χ1) is 4.84. The Balaban J connectivity index is 2.20. The van der Waals surface area contributed by atoms with Crippen molar-refractivity contribution < 1.29 is 0 Å². The third-order valence-electron chi connectivity index (χ3n) is 1.27. The van der Waals surface area contributed by atoms with Gasteiger partial charge < -0.3 is 0 Å². The third-order valence-corrected chi connectivity index (χ3v) is 2.13. The molecule has 1 rings (SSSR count). The quantitative estimate of drug-likeness (QED) is 0.470. The van der Waals surface area contributed by atoms with Crippen LogP contribution in [0.5, 0.6) is 0 Å². The van der Waals surface area contributed by atoms with Gasteiger partial charge in [0.25, 0.3) is 0 Å². The summed E-state index contributed by atoms with van der Waals surface area (Å²) in [4.78, 5) is 0. The van der Waals surface area contributed by atoms with Crippen LogP contribution in [0.2, 0.25) is 0 Å². The maximum Gasteiger partial charge on any atom is 0.0486 e. The molecule has 0 amide bonds. The highest BCUT2D eigenvalue weighted by atomic mass is 79.9. The van der Waals surface area contributed by atoms with E-state index in [0.717, 1.165) is 11.8 Å². The van der Waals surface area contributed by atoms with Crippen molar-refractivity contribution in [2.45, 2.75) is 11.8 Å². The van der Waals surface area contributed by atoms with Crippen LogP contribution in [0.25, 0.3) is 0 Å². The van der Waals surface area contributed by atoms with Gasteiger partial charge in [0, 0.05) is 16.6 Å². The van der Waals surface area contributed by atoms with Crippen molar-refractivity contribution in [3.63, 3.8) is 0 Å². The monoisotopic (exact) mass is 218 g/mol. The van der Waals surface area contributed by atoms with Crippen LogP contribution in [0.1, 0.15) is 6.42 Å². The van der Waals surface area contributed by atoms with E-state index in [4.69, 9.17) is 11.6 Å². The molecule has 0 nitrogen and oxygen atoms in total. The van der Waals surface area contributed by atoms with Gasteiger partial charge in [0.1, 0.15) is 0 Å². The van der Waals surface area contributed by atoms with Crippen molar-refractivity contribution in [3.8, 4) is 11.8 Å². The predicted octanol–water partition coefficient (Wildman–Crippen LogP) is 2.57. The highest BCUT2D eigenvalue weighted by Gasteiger charge is 2.33. The molecule has 1 saturated carbocycles. The lowest BCUT2D eigenvalue weighted by molar-refractivity contribution is 1.18. The molecule has 0 aliphatic heterocycles. The maximum atomic E-state index is 5.73. The Morgan fingerprint density at radius 2 is 2.40 bits per heavy atom. The lowest BCUT2D eigenvalue weighted by Gasteiger charge is -1.72. The SMILES string of the molecule is ClC1CC1C#C/C=C/CBr. The van der Waals surface area contributed by atoms with Gasteiger partial charge in [-0.1, -0.05) is 33.8 Å². The second kappa shape index (κ2) is 4.05. The summed E-state index contributed by atoms with van der Waals surface area (Å²) in [6.45, 7) is 0. The molecule has 0 N–H and O–H groups in total. The summed E-state index contributed by atoms with van der Waals surface area (Å²) in [7, 11) is 0.